The summed E-state index contributed by atoms with van der Waals surface area (Å²) in [6.45, 7) is 1.99. The molecule has 1 aliphatic heterocycles. The quantitative estimate of drug-likeness (QED) is 0.399. The fourth-order valence-corrected chi connectivity index (χ4v) is 5.12. The average molecular weight is 469 g/mol. The Labute approximate surface area is 204 Å². The summed E-state index contributed by atoms with van der Waals surface area (Å²) in [6.07, 6.45) is 1.86. The predicted molar refractivity (Wildman–Crippen MR) is 137 cm³/mol. The van der Waals surface area contributed by atoms with Crippen molar-refractivity contribution in [2.75, 3.05) is 4.90 Å². The second-order valence-electron chi connectivity index (χ2n) is 8.77. The highest BCUT2D eigenvalue weighted by Crippen LogP contribution is 2.48. The molecule has 0 unspecified atom stereocenters. The summed E-state index contributed by atoms with van der Waals surface area (Å²) in [5.74, 6) is -0.296. The molecule has 0 saturated carbocycles. The normalized spacial score (nSPS) is 19.8. The van der Waals surface area contributed by atoms with Gasteiger partial charge in [-0.2, -0.15) is 0 Å². The molecule has 0 fully saturated rings. The molecule has 5 rings (SSSR count). The summed E-state index contributed by atoms with van der Waals surface area (Å²) in [5.41, 5.74) is 5.18. The maximum absolute atomic E-state index is 13.4. The average Bonchev–Trinajstić information content (AvgIpc) is 2.84. The van der Waals surface area contributed by atoms with Crippen LogP contribution in [0.4, 0.5) is 5.69 Å². The largest absolute Gasteiger partial charge is 0.507 e. The van der Waals surface area contributed by atoms with Gasteiger partial charge in [0, 0.05) is 45.5 Å². The number of aliphatic hydroxyl groups is 1. The Hall–Kier alpha value is -3.63. The van der Waals surface area contributed by atoms with Crippen molar-refractivity contribution in [3.63, 3.8) is 0 Å². The maximum atomic E-state index is 13.4. The lowest BCUT2D eigenvalue weighted by atomic mass is 9.73. The standard InChI is InChI=1S/C29H25ClN2O2/c1-18-13-15-20(16-14-18)28(34)27-25(19-7-3-2-4-8-19)26-23(11-6-12-24(26)33)32(29(27)31)22-10-5-9-21(30)17-22/h2-5,7-10,13-17,25,31,34H,6,11-12H2,1H3/b28-27+,31-29?/t25-/m1/s1. The van der Waals surface area contributed by atoms with E-state index < -0.39 is 5.92 Å². The van der Waals surface area contributed by atoms with Gasteiger partial charge < -0.3 is 5.11 Å². The molecule has 0 bridgehead atoms. The van der Waals surface area contributed by atoms with E-state index in [2.05, 4.69) is 0 Å². The zero-order valence-corrected chi connectivity index (χ0v) is 19.6. The molecular formula is C29H25ClN2O2. The van der Waals surface area contributed by atoms with E-state index in [0.29, 0.717) is 40.3 Å². The van der Waals surface area contributed by atoms with Gasteiger partial charge in [-0.25, -0.2) is 0 Å². The maximum Gasteiger partial charge on any atom is 0.161 e. The van der Waals surface area contributed by atoms with Crippen LogP contribution < -0.4 is 4.90 Å². The van der Waals surface area contributed by atoms with Gasteiger partial charge in [0.2, 0.25) is 0 Å². The smallest absolute Gasteiger partial charge is 0.161 e. The number of nitrogens with one attached hydrogen (secondary N) is 1. The molecule has 1 heterocycles. The number of aryl methyl sites for hydroxylation is 1. The van der Waals surface area contributed by atoms with Crippen molar-refractivity contribution in [1.29, 1.82) is 5.41 Å². The van der Waals surface area contributed by atoms with Crippen molar-refractivity contribution >= 4 is 34.7 Å². The summed E-state index contributed by atoms with van der Waals surface area (Å²) >= 11 is 6.31. The molecular weight excluding hydrogens is 444 g/mol. The lowest BCUT2D eigenvalue weighted by Crippen LogP contribution is -2.42. The van der Waals surface area contributed by atoms with Crippen LogP contribution in [0.2, 0.25) is 5.02 Å². The van der Waals surface area contributed by atoms with Gasteiger partial charge in [-0.1, -0.05) is 77.8 Å². The summed E-state index contributed by atoms with van der Waals surface area (Å²) in [7, 11) is 0. The molecule has 2 N–H and O–H groups in total. The number of halogens is 1. The predicted octanol–water partition coefficient (Wildman–Crippen LogP) is 7.21. The zero-order chi connectivity index (χ0) is 23.8. The molecule has 0 aromatic heterocycles. The Bertz CT molecular complexity index is 1340. The Kier molecular flexibility index (Phi) is 5.84. The molecule has 5 heteroatoms. The number of anilines is 1. The highest BCUT2D eigenvalue weighted by atomic mass is 35.5. The number of carbonyl (C=O) groups is 1. The third kappa shape index (κ3) is 3.84. The Morgan fingerprint density at radius 2 is 1.74 bits per heavy atom. The summed E-state index contributed by atoms with van der Waals surface area (Å²) in [6, 6.07) is 24.6. The van der Waals surface area contributed by atoms with E-state index in [1.54, 1.807) is 17.0 Å². The number of amidine groups is 1. The van der Waals surface area contributed by atoms with Crippen LogP contribution in [0.1, 0.15) is 41.9 Å². The molecule has 34 heavy (non-hydrogen) atoms. The molecule has 1 aliphatic carbocycles. The molecule has 4 nitrogen and oxygen atoms in total. The molecule has 0 saturated heterocycles. The molecule has 0 radical (unpaired) electrons. The van der Waals surface area contributed by atoms with E-state index in [1.165, 1.54) is 0 Å². The van der Waals surface area contributed by atoms with Crippen LogP contribution in [0.25, 0.3) is 5.76 Å². The number of hydrogen-bond donors (Lipinski definition) is 2. The van der Waals surface area contributed by atoms with Gasteiger partial charge in [0.1, 0.15) is 11.6 Å². The summed E-state index contributed by atoms with van der Waals surface area (Å²) < 4.78 is 0. The molecule has 2 aliphatic rings. The van der Waals surface area contributed by atoms with Gasteiger partial charge >= 0.3 is 0 Å². The molecule has 170 valence electrons. The number of allylic oxidation sites excluding steroid dienone is 2. The van der Waals surface area contributed by atoms with E-state index in [4.69, 9.17) is 11.6 Å². The second kappa shape index (κ2) is 8.96. The molecule has 0 spiro atoms. The molecule has 1 atom stereocenters. The van der Waals surface area contributed by atoms with E-state index in [9.17, 15) is 15.3 Å². The van der Waals surface area contributed by atoms with Crippen molar-refractivity contribution in [3.8, 4) is 0 Å². The number of nitrogens with zero attached hydrogens (tertiary/aromatic N) is 1. The van der Waals surface area contributed by atoms with Crippen LogP contribution in [-0.4, -0.2) is 16.7 Å². The minimum Gasteiger partial charge on any atom is -0.507 e. The molecule has 3 aromatic rings. The number of aliphatic hydroxyl groups excluding tert-OH is 1. The van der Waals surface area contributed by atoms with Gasteiger partial charge in [0.15, 0.2) is 5.78 Å². The monoisotopic (exact) mass is 468 g/mol. The molecule has 3 aromatic carbocycles. The first-order chi connectivity index (χ1) is 16.5. The van der Waals surface area contributed by atoms with Gasteiger partial charge in [0.05, 0.1) is 0 Å². The Balaban J connectivity index is 1.82. The SMILES string of the molecule is Cc1ccc(/C(O)=C2\C(=N)N(c3cccc(Cl)c3)C3=C(C(=O)CCC3)[C@H]2c2ccccc2)cc1. The van der Waals surface area contributed by atoms with Crippen molar-refractivity contribution in [1.82, 2.24) is 0 Å². The fourth-order valence-electron chi connectivity index (χ4n) is 4.94. The lowest BCUT2D eigenvalue weighted by molar-refractivity contribution is -0.116. The number of Topliss-reactive ketones (excluding diaryl/α,β-unsaturated/α-hetero) is 1. The minimum atomic E-state index is -0.520. The third-order valence-corrected chi connectivity index (χ3v) is 6.77. The number of hydrogen-bond acceptors (Lipinski definition) is 3. The first-order valence-electron chi connectivity index (χ1n) is 11.4. The second-order valence-corrected chi connectivity index (χ2v) is 9.21. The van der Waals surface area contributed by atoms with Crippen LogP contribution in [0, 0.1) is 12.3 Å². The van der Waals surface area contributed by atoms with Crippen LogP contribution in [-0.2, 0) is 4.79 Å². The molecule has 0 amide bonds. The van der Waals surface area contributed by atoms with Crippen LogP contribution in [0.15, 0.2) is 95.7 Å². The third-order valence-electron chi connectivity index (χ3n) is 6.53. The van der Waals surface area contributed by atoms with E-state index in [-0.39, 0.29) is 17.4 Å². The first kappa shape index (κ1) is 22.2. The van der Waals surface area contributed by atoms with E-state index >= 15 is 0 Å². The van der Waals surface area contributed by atoms with Gasteiger partial charge in [-0.15, -0.1) is 0 Å². The number of ketones is 1. The lowest BCUT2D eigenvalue weighted by Gasteiger charge is -2.41. The highest BCUT2D eigenvalue weighted by Gasteiger charge is 2.43. The van der Waals surface area contributed by atoms with Gasteiger partial charge in [0.25, 0.3) is 0 Å². The van der Waals surface area contributed by atoms with Crippen molar-refractivity contribution in [3.05, 3.63) is 117 Å². The van der Waals surface area contributed by atoms with Crippen LogP contribution in [0.5, 0.6) is 0 Å². The Morgan fingerprint density at radius 1 is 1.00 bits per heavy atom. The first-order valence-corrected chi connectivity index (χ1v) is 11.8. The number of carbonyl (C=O) groups excluding carboxylic acids is 1. The fraction of sp³-hybridized carbons (Fsp3) is 0.172. The highest BCUT2D eigenvalue weighted by molar-refractivity contribution is 6.31. The van der Waals surface area contributed by atoms with Crippen molar-refractivity contribution in [2.24, 2.45) is 0 Å². The Morgan fingerprint density at radius 3 is 2.44 bits per heavy atom. The van der Waals surface area contributed by atoms with E-state index in [1.807, 2.05) is 73.7 Å². The van der Waals surface area contributed by atoms with Crippen LogP contribution >= 0.6 is 11.6 Å². The zero-order valence-electron chi connectivity index (χ0n) is 18.9. The van der Waals surface area contributed by atoms with Gasteiger partial charge in [-0.3, -0.25) is 15.1 Å². The van der Waals surface area contributed by atoms with Crippen LogP contribution in [0.3, 0.4) is 0 Å². The topological polar surface area (TPSA) is 64.4 Å². The summed E-state index contributed by atoms with van der Waals surface area (Å²) in [5, 5.41) is 21.5. The van der Waals surface area contributed by atoms with Crippen molar-refractivity contribution < 1.29 is 9.90 Å². The number of rotatable bonds is 3. The van der Waals surface area contributed by atoms with Crippen molar-refractivity contribution in [2.45, 2.75) is 32.1 Å². The summed E-state index contributed by atoms with van der Waals surface area (Å²) in [4.78, 5) is 15.2. The van der Waals surface area contributed by atoms with Gasteiger partial charge in [-0.05, 0) is 43.5 Å². The number of benzene rings is 3. The minimum absolute atomic E-state index is 0.0100. The van der Waals surface area contributed by atoms with E-state index in [0.717, 1.165) is 23.2 Å².